The minimum absolute atomic E-state index is 0.462. The molecule has 0 aromatic carbocycles. The van der Waals surface area contributed by atoms with Crippen LogP contribution in [0.3, 0.4) is 0 Å². The van der Waals surface area contributed by atoms with Crippen molar-refractivity contribution in [2.75, 3.05) is 18.1 Å². The lowest BCUT2D eigenvalue weighted by Gasteiger charge is -2.29. The van der Waals surface area contributed by atoms with E-state index in [-0.39, 0.29) is 0 Å². The number of nitrogens with zero attached hydrogens (tertiary/aromatic N) is 2. The molecule has 1 aliphatic heterocycles. The van der Waals surface area contributed by atoms with Crippen LogP contribution in [0.5, 0.6) is 0 Å². The predicted octanol–water partition coefficient (Wildman–Crippen LogP) is 3.58. The van der Waals surface area contributed by atoms with Gasteiger partial charge in [-0.1, -0.05) is 13.8 Å². The molecule has 1 aromatic rings. The van der Waals surface area contributed by atoms with E-state index in [1.54, 1.807) is 0 Å². The Kier molecular flexibility index (Phi) is 6.65. The van der Waals surface area contributed by atoms with E-state index in [9.17, 15) is 0 Å². The van der Waals surface area contributed by atoms with Crippen molar-refractivity contribution in [2.24, 2.45) is 0 Å². The smallest absolute Gasteiger partial charge is 0.142 e. The molecule has 20 heavy (non-hydrogen) atoms. The number of thioether (sulfide) groups is 2. The Labute approximate surface area is 131 Å². The van der Waals surface area contributed by atoms with Crippen molar-refractivity contribution in [3.8, 4) is 0 Å². The van der Waals surface area contributed by atoms with E-state index < -0.39 is 0 Å². The molecule has 2 atom stereocenters. The van der Waals surface area contributed by atoms with Gasteiger partial charge in [0.25, 0.3) is 0 Å². The van der Waals surface area contributed by atoms with Crippen LogP contribution in [-0.2, 0) is 6.54 Å². The zero-order valence-electron chi connectivity index (χ0n) is 12.7. The van der Waals surface area contributed by atoms with Crippen molar-refractivity contribution >= 4 is 23.5 Å². The van der Waals surface area contributed by atoms with Crippen molar-refractivity contribution in [1.82, 2.24) is 15.3 Å². The molecule has 1 saturated heterocycles. The van der Waals surface area contributed by atoms with E-state index in [4.69, 9.17) is 9.97 Å². The number of aromatic nitrogens is 2. The highest BCUT2D eigenvalue weighted by Gasteiger charge is 2.28. The van der Waals surface area contributed by atoms with Crippen LogP contribution < -0.4 is 5.32 Å². The molecule has 3 nitrogen and oxygen atoms in total. The highest BCUT2D eigenvalue weighted by Crippen LogP contribution is 2.42. The van der Waals surface area contributed by atoms with E-state index in [1.807, 2.05) is 11.8 Å². The van der Waals surface area contributed by atoms with Gasteiger partial charge in [0, 0.05) is 29.0 Å². The van der Waals surface area contributed by atoms with Crippen molar-refractivity contribution < 1.29 is 0 Å². The first-order valence-corrected chi connectivity index (χ1v) is 9.62. The van der Waals surface area contributed by atoms with Gasteiger partial charge in [0.05, 0.1) is 10.9 Å². The summed E-state index contributed by atoms with van der Waals surface area (Å²) >= 11 is 4.11. The van der Waals surface area contributed by atoms with Crippen LogP contribution in [0.2, 0.25) is 0 Å². The number of aryl methyl sites for hydroxylation is 1. The summed E-state index contributed by atoms with van der Waals surface area (Å²) in [5, 5.41) is 4.55. The topological polar surface area (TPSA) is 37.8 Å². The van der Waals surface area contributed by atoms with Gasteiger partial charge in [-0.3, -0.25) is 0 Å². The first kappa shape index (κ1) is 16.1. The van der Waals surface area contributed by atoms with Gasteiger partial charge < -0.3 is 5.32 Å². The number of nitrogens with one attached hydrogen (secondary N) is 1. The van der Waals surface area contributed by atoms with Crippen LogP contribution in [0.15, 0.2) is 6.07 Å². The van der Waals surface area contributed by atoms with Gasteiger partial charge in [-0.25, -0.2) is 9.97 Å². The molecule has 2 heterocycles. The minimum atomic E-state index is 0.462. The Balaban J connectivity index is 2.13. The average Bonchev–Trinajstić information content (AvgIpc) is 2.47. The third-order valence-corrected chi connectivity index (χ3v) is 6.61. The molecule has 0 aliphatic carbocycles. The summed E-state index contributed by atoms with van der Waals surface area (Å²) in [7, 11) is 0. The van der Waals surface area contributed by atoms with Crippen LogP contribution in [-0.4, -0.2) is 33.3 Å². The second kappa shape index (κ2) is 8.25. The number of rotatable bonds is 6. The first-order chi connectivity index (χ1) is 9.74. The van der Waals surface area contributed by atoms with Crippen molar-refractivity contribution in [1.29, 1.82) is 0 Å². The maximum atomic E-state index is 4.82. The second-order valence-electron chi connectivity index (χ2n) is 5.14. The Hall–Kier alpha value is -0.260. The lowest BCUT2D eigenvalue weighted by atomic mass is 10.2. The Morgan fingerprint density at radius 3 is 2.80 bits per heavy atom. The van der Waals surface area contributed by atoms with E-state index in [1.165, 1.54) is 17.9 Å². The van der Waals surface area contributed by atoms with Crippen molar-refractivity contribution in [3.63, 3.8) is 0 Å². The molecule has 2 rings (SSSR count). The molecule has 112 valence electrons. The zero-order valence-corrected chi connectivity index (χ0v) is 14.3. The predicted molar refractivity (Wildman–Crippen MR) is 90.5 cm³/mol. The Morgan fingerprint density at radius 1 is 1.25 bits per heavy atom. The largest absolute Gasteiger partial charge is 0.311 e. The highest BCUT2D eigenvalue weighted by atomic mass is 32.2. The lowest BCUT2D eigenvalue weighted by Crippen LogP contribution is -2.22. The monoisotopic (exact) mass is 311 g/mol. The molecule has 0 radical (unpaired) electrons. The normalized spacial score (nSPS) is 22.9. The van der Waals surface area contributed by atoms with Gasteiger partial charge in [-0.2, -0.15) is 11.8 Å². The first-order valence-electron chi connectivity index (χ1n) is 7.53. The summed E-state index contributed by atoms with van der Waals surface area (Å²) in [6, 6.07) is 2.10. The fourth-order valence-electron chi connectivity index (χ4n) is 2.41. The average molecular weight is 312 g/mol. The highest BCUT2D eigenvalue weighted by molar-refractivity contribution is 8.06. The van der Waals surface area contributed by atoms with Crippen LogP contribution in [0, 0.1) is 6.92 Å². The third-order valence-electron chi connectivity index (χ3n) is 3.36. The zero-order chi connectivity index (χ0) is 14.4. The standard InChI is InChI=1S/C15H25N3S2/c1-4-6-16-10-12-9-11(3)17-15(18-12)14-13(5-2)19-7-8-20-14/h9,13-14,16H,4-8,10H2,1-3H3. The minimum Gasteiger partial charge on any atom is -0.311 e. The second-order valence-corrected chi connectivity index (χ2v) is 7.74. The molecule has 2 unspecified atom stereocenters. The van der Waals surface area contributed by atoms with E-state index >= 15 is 0 Å². The molecule has 1 aromatic heterocycles. The number of hydrogen-bond acceptors (Lipinski definition) is 5. The quantitative estimate of drug-likeness (QED) is 0.813. The molecule has 1 aliphatic rings. The summed E-state index contributed by atoms with van der Waals surface area (Å²) in [5.74, 6) is 3.52. The molecule has 1 N–H and O–H groups in total. The molecular formula is C15H25N3S2. The summed E-state index contributed by atoms with van der Waals surface area (Å²) in [6.07, 6.45) is 2.35. The third kappa shape index (κ3) is 4.37. The van der Waals surface area contributed by atoms with Gasteiger partial charge in [0.2, 0.25) is 0 Å². The Bertz CT molecular complexity index is 426. The number of hydrogen-bond donors (Lipinski definition) is 1. The van der Waals surface area contributed by atoms with Gasteiger partial charge in [-0.05, 0) is 32.4 Å². The Morgan fingerprint density at radius 2 is 2.05 bits per heavy atom. The molecule has 0 bridgehead atoms. The summed E-state index contributed by atoms with van der Waals surface area (Å²) in [4.78, 5) is 9.53. The molecule has 0 saturated carbocycles. The van der Waals surface area contributed by atoms with Gasteiger partial charge in [0.15, 0.2) is 0 Å². The maximum Gasteiger partial charge on any atom is 0.142 e. The van der Waals surface area contributed by atoms with Gasteiger partial charge in [-0.15, -0.1) is 11.8 Å². The summed E-state index contributed by atoms with van der Waals surface area (Å²) < 4.78 is 0. The summed E-state index contributed by atoms with van der Waals surface area (Å²) in [6.45, 7) is 8.44. The fraction of sp³-hybridized carbons (Fsp3) is 0.733. The summed E-state index contributed by atoms with van der Waals surface area (Å²) in [5.41, 5.74) is 2.22. The molecule has 1 fully saturated rings. The fourth-order valence-corrected chi connectivity index (χ4v) is 5.40. The van der Waals surface area contributed by atoms with Gasteiger partial charge in [0.1, 0.15) is 5.82 Å². The molecule has 5 heteroatoms. The van der Waals surface area contributed by atoms with Crippen LogP contribution in [0.25, 0.3) is 0 Å². The molecule has 0 spiro atoms. The van der Waals surface area contributed by atoms with Gasteiger partial charge >= 0.3 is 0 Å². The van der Waals surface area contributed by atoms with Crippen molar-refractivity contribution in [2.45, 2.75) is 50.7 Å². The lowest BCUT2D eigenvalue weighted by molar-refractivity contribution is 0.652. The maximum absolute atomic E-state index is 4.82. The van der Waals surface area contributed by atoms with E-state index in [0.717, 1.165) is 36.7 Å². The van der Waals surface area contributed by atoms with E-state index in [2.05, 4.69) is 43.9 Å². The van der Waals surface area contributed by atoms with Crippen LogP contribution >= 0.6 is 23.5 Å². The van der Waals surface area contributed by atoms with Crippen molar-refractivity contribution in [3.05, 3.63) is 23.3 Å². The molecular weight excluding hydrogens is 286 g/mol. The molecule has 0 amide bonds. The van der Waals surface area contributed by atoms with E-state index in [0.29, 0.717) is 10.5 Å². The SMILES string of the molecule is CCCNCc1cc(C)nc(C2SCCSC2CC)n1. The van der Waals surface area contributed by atoms with Crippen LogP contribution in [0.1, 0.15) is 49.2 Å². The van der Waals surface area contributed by atoms with Crippen LogP contribution in [0.4, 0.5) is 0 Å².